The van der Waals surface area contributed by atoms with Gasteiger partial charge in [0.05, 0.1) is 5.56 Å². The predicted octanol–water partition coefficient (Wildman–Crippen LogP) is 2.75. The molecule has 1 aromatic carbocycles. The molecule has 0 aliphatic carbocycles. The molecule has 0 aliphatic heterocycles. The molecular weight excluding hydrogens is 303 g/mol. The fraction of sp³-hybridized carbons (Fsp3) is 0.333. The number of esters is 1. The van der Waals surface area contributed by atoms with E-state index in [9.17, 15) is 4.79 Å². The fourth-order valence-corrected chi connectivity index (χ4v) is 2.12. The Balaban J connectivity index is 2.03. The van der Waals surface area contributed by atoms with Crippen LogP contribution in [0.4, 0.5) is 0 Å². The molecule has 0 aliphatic rings. The molecule has 1 heterocycles. The summed E-state index contributed by atoms with van der Waals surface area (Å²) in [6.07, 6.45) is 0.885. The number of aryl methyl sites for hydroxylation is 1. The summed E-state index contributed by atoms with van der Waals surface area (Å²) in [6, 6.07) is 4.53. The van der Waals surface area contributed by atoms with Crippen LogP contribution in [0.15, 0.2) is 18.2 Å². The number of tetrazole rings is 1. The highest BCUT2D eigenvalue weighted by Gasteiger charge is 2.12. The number of carbonyl (C=O) groups excluding carboxylic acids is 1. The van der Waals surface area contributed by atoms with Gasteiger partial charge in [0.15, 0.2) is 12.4 Å². The number of ether oxygens (including phenoxy) is 1. The van der Waals surface area contributed by atoms with Crippen LogP contribution in [-0.2, 0) is 17.9 Å². The molecule has 0 N–H and O–H groups in total. The lowest BCUT2D eigenvalue weighted by molar-refractivity contribution is 0.0456. The largest absolute Gasteiger partial charge is 0.454 e. The third-order valence-corrected chi connectivity index (χ3v) is 2.91. The molecule has 106 valence electrons. The maximum atomic E-state index is 11.9. The van der Waals surface area contributed by atoms with Crippen LogP contribution in [0.3, 0.4) is 0 Å². The molecule has 0 saturated carbocycles. The van der Waals surface area contributed by atoms with E-state index in [1.165, 1.54) is 12.1 Å². The first-order valence-electron chi connectivity index (χ1n) is 5.98. The summed E-state index contributed by atoms with van der Waals surface area (Å²) in [5.41, 5.74) is 0.289. The van der Waals surface area contributed by atoms with Crippen molar-refractivity contribution < 1.29 is 9.53 Å². The zero-order valence-corrected chi connectivity index (χ0v) is 12.2. The molecule has 2 aromatic rings. The van der Waals surface area contributed by atoms with Crippen LogP contribution < -0.4 is 0 Å². The number of aromatic nitrogens is 4. The van der Waals surface area contributed by atoms with Gasteiger partial charge in [-0.2, -0.15) is 0 Å². The summed E-state index contributed by atoms with van der Waals surface area (Å²) in [4.78, 5) is 11.9. The second-order valence-corrected chi connectivity index (χ2v) is 4.93. The Labute approximate surface area is 125 Å². The maximum Gasteiger partial charge on any atom is 0.338 e. The number of carbonyl (C=O) groups is 1. The van der Waals surface area contributed by atoms with E-state index in [1.54, 1.807) is 10.7 Å². The fourth-order valence-electron chi connectivity index (χ4n) is 1.60. The summed E-state index contributed by atoms with van der Waals surface area (Å²) in [5.74, 6) is -0.0335. The smallest absolute Gasteiger partial charge is 0.338 e. The van der Waals surface area contributed by atoms with Gasteiger partial charge in [-0.05, 0) is 35.0 Å². The van der Waals surface area contributed by atoms with Gasteiger partial charge < -0.3 is 4.74 Å². The van der Waals surface area contributed by atoms with E-state index in [-0.39, 0.29) is 12.2 Å². The van der Waals surface area contributed by atoms with Gasteiger partial charge in [0, 0.05) is 16.6 Å². The summed E-state index contributed by atoms with van der Waals surface area (Å²) in [5, 5.41) is 11.9. The molecule has 8 heteroatoms. The van der Waals surface area contributed by atoms with E-state index < -0.39 is 5.97 Å². The number of nitrogens with zero attached hydrogens (tertiary/aromatic N) is 4. The van der Waals surface area contributed by atoms with Crippen molar-refractivity contribution in [1.29, 1.82) is 0 Å². The minimum Gasteiger partial charge on any atom is -0.454 e. The van der Waals surface area contributed by atoms with Crippen LogP contribution in [-0.4, -0.2) is 26.2 Å². The first kappa shape index (κ1) is 14.7. The van der Waals surface area contributed by atoms with Crippen molar-refractivity contribution in [3.8, 4) is 0 Å². The number of halogens is 2. The second kappa shape index (κ2) is 6.67. The molecule has 0 saturated heterocycles. The molecule has 20 heavy (non-hydrogen) atoms. The van der Waals surface area contributed by atoms with Crippen LogP contribution >= 0.6 is 23.2 Å². The number of hydrogen-bond donors (Lipinski definition) is 0. The highest BCUT2D eigenvalue weighted by molar-refractivity contribution is 6.35. The monoisotopic (exact) mass is 314 g/mol. The van der Waals surface area contributed by atoms with Gasteiger partial charge in [-0.1, -0.05) is 30.1 Å². The molecule has 0 amide bonds. The Morgan fingerprint density at radius 2 is 2.00 bits per heavy atom. The van der Waals surface area contributed by atoms with Gasteiger partial charge in [-0.3, -0.25) is 0 Å². The lowest BCUT2D eigenvalue weighted by Crippen LogP contribution is -2.11. The van der Waals surface area contributed by atoms with E-state index in [0.717, 1.165) is 6.42 Å². The van der Waals surface area contributed by atoms with Crippen LogP contribution in [0.25, 0.3) is 0 Å². The minimum absolute atomic E-state index is 0.00400. The van der Waals surface area contributed by atoms with Crippen molar-refractivity contribution in [3.05, 3.63) is 39.6 Å². The third kappa shape index (κ3) is 3.68. The molecular formula is C12H12Cl2N4O2. The zero-order valence-electron chi connectivity index (χ0n) is 10.7. The Bertz CT molecular complexity index is 595. The van der Waals surface area contributed by atoms with Crippen molar-refractivity contribution in [3.63, 3.8) is 0 Å². The summed E-state index contributed by atoms with van der Waals surface area (Å²) in [6.45, 7) is 2.67. The van der Waals surface area contributed by atoms with Crippen LogP contribution in [0, 0.1) is 0 Å². The number of rotatable bonds is 5. The van der Waals surface area contributed by atoms with Crippen molar-refractivity contribution in [1.82, 2.24) is 20.2 Å². The van der Waals surface area contributed by atoms with E-state index in [2.05, 4.69) is 15.5 Å². The third-order valence-electron chi connectivity index (χ3n) is 2.47. The SMILES string of the molecule is CCCn1nnnc1COC(=O)c1cc(Cl)cc(Cl)c1. The van der Waals surface area contributed by atoms with E-state index in [1.807, 2.05) is 6.92 Å². The van der Waals surface area contributed by atoms with Crippen LogP contribution in [0.1, 0.15) is 29.5 Å². The lowest BCUT2D eigenvalue weighted by Gasteiger charge is -2.06. The molecule has 1 aromatic heterocycles. The Morgan fingerprint density at radius 3 is 2.65 bits per heavy atom. The average Bonchev–Trinajstić information content (AvgIpc) is 2.83. The number of benzene rings is 1. The topological polar surface area (TPSA) is 69.9 Å². The Morgan fingerprint density at radius 1 is 1.30 bits per heavy atom. The molecule has 0 fully saturated rings. The second-order valence-electron chi connectivity index (χ2n) is 4.05. The quantitative estimate of drug-likeness (QED) is 0.794. The predicted molar refractivity (Wildman–Crippen MR) is 73.7 cm³/mol. The Hall–Kier alpha value is -1.66. The van der Waals surface area contributed by atoms with Gasteiger partial charge in [0.2, 0.25) is 0 Å². The summed E-state index contributed by atoms with van der Waals surface area (Å²) < 4.78 is 6.75. The molecule has 2 rings (SSSR count). The van der Waals surface area contributed by atoms with Gasteiger partial charge in [-0.15, -0.1) is 5.10 Å². The van der Waals surface area contributed by atoms with Gasteiger partial charge in [0.1, 0.15) is 0 Å². The normalized spacial score (nSPS) is 10.6. The highest BCUT2D eigenvalue weighted by Crippen LogP contribution is 2.19. The first-order chi connectivity index (χ1) is 9.60. The Kier molecular flexibility index (Phi) is 4.92. The molecule has 0 atom stereocenters. The van der Waals surface area contributed by atoms with Crippen molar-refractivity contribution >= 4 is 29.2 Å². The molecule has 0 spiro atoms. The van der Waals surface area contributed by atoms with E-state index in [4.69, 9.17) is 27.9 Å². The van der Waals surface area contributed by atoms with E-state index in [0.29, 0.717) is 22.4 Å². The van der Waals surface area contributed by atoms with Gasteiger partial charge >= 0.3 is 5.97 Å². The van der Waals surface area contributed by atoms with Gasteiger partial charge in [-0.25, -0.2) is 9.48 Å². The van der Waals surface area contributed by atoms with Crippen molar-refractivity contribution in [2.45, 2.75) is 26.5 Å². The van der Waals surface area contributed by atoms with Crippen molar-refractivity contribution in [2.75, 3.05) is 0 Å². The lowest BCUT2D eigenvalue weighted by atomic mass is 10.2. The van der Waals surface area contributed by atoms with Gasteiger partial charge in [0.25, 0.3) is 0 Å². The summed E-state index contributed by atoms with van der Waals surface area (Å²) >= 11 is 11.7. The van der Waals surface area contributed by atoms with E-state index >= 15 is 0 Å². The van der Waals surface area contributed by atoms with Crippen LogP contribution in [0.5, 0.6) is 0 Å². The zero-order chi connectivity index (χ0) is 14.5. The molecule has 6 nitrogen and oxygen atoms in total. The minimum atomic E-state index is -0.527. The highest BCUT2D eigenvalue weighted by atomic mass is 35.5. The molecule has 0 unspecified atom stereocenters. The average molecular weight is 315 g/mol. The van der Waals surface area contributed by atoms with Crippen molar-refractivity contribution in [2.24, 2.45) is 0 Å². The first-order valence-corrected chi connectivity index (χ1v) is 6.74. The molecule has 0 bridgehead atoms. The summed E-state index contributed by atoms with van der Waals surface area (Å²) in [7, 11) is 0. The number of hydrogen-bond acceptors (Lipinski definition) is 5. The molecule has 0 radical (unpaired) electrons. The standard InChI is InChI=1S/C12H12Cl2N4O2/c1-2-3-18-11(15-16-17-18)7-20-12(19)8-4-9(13)6-10(14)5-8/h4-6H,2-3,7H2,1H3. The van der Waals surface area contributed by atoms with Crippen LogP contribution in [0.2, 0.25) is 10.0 Å². The maximum absolute atomic E-state index is 11.9.